The SMILES string of the molecule is CC(C)(C)OC(=O)C(CCCCCCCCCN)C(=O)O.COc1ccc(C(Br)C(Br)C(=O)O)cc1OC.Cc1cc(F)ccc1OCC(=O)O.Nc1ccc2cc(S(=O)(=O)O)cc(S(=O)(=O)O)c2c1.O=CNc1ccc(C(=O)O)cc1. The van der Waals surface area contributed by atoms with Gasteiger partial charge in [-0.1, -0.05) is 82.5 Å². The average Bonchev–Trinajstić information content (AvgIpc) is 3.58. The summed E-state index contributed by atoms with van der Waals surface area (Å²) in [4.78, 5) is 62.0. The number of hydrogen-bond acceptors (Lipinski definition) is 16. The first-order valence-corrected chi connectivity index (χ1v) is 29.2. The maximum absolute atomic E-state index is 12.6. The van der Waals surface area contributed by atoms with Crippen LogP contribution in [0.3, 0.4) is 0 Å². The van der Waals surface area contributed by atoms with E-state index < -0.39 is 82.8 Å². The number of aliphatic carboxylic acids is 3. The Kier molecular flexibility index (Phi) is 31.9. The van der Waals surface area contributed by atoms with Crippen LogP contribution in [0.1, 0.15) is 98.4 Å². The van der Waals surface area contributed by atoms with E-state index in [0.717, 1.165) is 56.7 Å². The van der Waals surface area contributed by atoms with Gasteiger partial charge in [0.1, 0.15) is 26.9 Å². The summed E-state index contributed by atoms with van der Waals surface area (Å²) in [7, 11) is -6.17. The standard InChI is InChI=1S/C16H31NO4.C11H12Br2O4.C10H9NO6S2.C9H9FO3.C8H7NO3/c1-16(2,3)21-15(20)13(14(18)19)11-9-7-5-4-6-8-10-12-17;1-16-7-4-3-6(5-8(7)17-2)9(12)10(13)11(14)15;11-7-2-1-6-3-8(18(12,13)14)5-10(9(6)4-7)19(15,16)17;1-6-4-7(10)2-3-8(6)13-5-9(11)12;10-5-9-7-3-1-6(2-4-7)8(11)12/h13H,4-12,17H2,1-3H3,(H,18,19);3-5,9-10H,1-2H3,(H,14,15);1-5H,11H2,(H,12,13,14)(H,15,16,17);2-4H,5H2,1H3,(H,11,12);1-5H,(H,9,10)(H,11,12). The molecular formula is C54H68Br2FN3O20S2. The van der Waals surface area contributed by atoms with Crippen molar-refractivity contribution in [2.45, 2.75) is 104 Å². The molecule has 23 nitrogen and oxygen atoms in total. The van der Waals surface area contributed by atoms with Crippen LogP contribution in [0.15, 0.2) is 101 Å². The van der Waals surface area contributed by atoms with Crippen LogP contribution in [0.5, 0.6) is 17.2 Å². The highest BCUT2D eigenvalue weighted by molar-refractivity contribution is 9.12. The maximum Gasteiger partial charge on any atom is 0.341 e. The molecule has 0 spiro atoms. The number of nitrogens with one attached hydrogen (secondary N) is 1. The lowest BCUT2D eigenvalue weighted by atomic mass is 10.00. The molecule has 0 aliphatic rings. The van der Waals surface area contributed by atoms with Crippen molar-refractivity contribution in [3.63, 3.8) is 0 Å². The third kappa shape index (κ3) is 27.7. The fourth-order valence-corrected chi connectivity index (χ4v) is 8.94. The van der Waals surface area contributed by atoms with E-state index in [1.807, 2.05) is 0 Å². The number of nitrogen functional groups attached to an aromatic ring is 1. The molecule has 0 saturated carbocycles. The van der Waals surface area contributed by atoms with Gasteiger partial charge in [-0.25, -0.2) is 14.0 Å². The third-order valence-electron chi connectivity index (χ3n) is 10.7. The number of nitrogens with two attached hydrogens (primary N) is 2. The van der Waals surface area contributed by atoms with E-state index in [9.17, 15) is 50.0 Å². The number of fused-ring (bicyclic) bond motifs is 1. The van der Waals surface area contributed by atoms with Gasteiger partial charge in [-0.3, -0.25) is 28.3 Å². The Morgan fingerprint density at radius 2 is 1.29 bits per heavy atom. The number of benzene rings is 5. The van der Waals surface area contributed by atoms with Crippen LogP contribution in [-0.2, 0) is 48.9 Å². The van der Waals surface area contributed by atoms with Crippen molar-refractivity contribution in [2.75, 3.05) is 38.4 Å². The Morgan fingerprint density at radius 1 is 0.720 bits per heavy atom. The number of halogens is 3. The molecule has 0 aliphatic carbocycles. The second-order valence-corrected chi connectivity index (χ2v) is 23.1. The normalized spacial score (nSPS) is 12.0. The molecule has 11 N–H and O–H groups in total. The highest BCUT2D eigenvalue weighted by atomic mass is 79.9. The van der Waals surface area contributed by atoms with E-state index in [1.165, 1.54) is 74.2 Å². The molecule has 0 saturated heterocycles. The molecular weight excluding hydrogens is 1250 g/mol. The van der Waals surface area contributed by atoms with Gasteiger partial charge in [0.15, 0.2) is 24.0 Å². The first-order valence-electron chi connectivity index (χ1n) is 24.5. The topological polar surface area (TPSA) is 393 Å². The Hall–Kier alpha value is -6.95. The van der Waals surface area contributed by atoms with Gasteiger partial charge >= 0.3 is 29.8 Å². The number of anilines is 2. The lowest BCUT2D eigenvalue weighted by Gasteiger charge is -2.22. The zero-order chi connectivity index (χ0) is 62.5. The van der Waals surface area contributed by atoms with E-state index in [4.69, 9.17) is 59.9 Å². The number of carbonyl (C=O) groups is 6. The van der Waals surface area contributed by atoms with Gasteiger partial charge < -0.3 is 56.2 Å². The largest absolute Gasteiger partial charge is 0.493 e. The Balaban J connectivity index is 0.000000519. The monoisotopic (exact) mass is 1320 g/mol. The van der Waals surface area contributed by atoms with Crippen LogP contribution >= 0.6 is 31.9 Å². The number of rotatable bonds is 24. The first kappa shape index (κ1) is 73.1. The minimum Gasteiger partial charge on any atom is -0.493 e. The summed E-state index contributed by atoms with van der Waals surface area (Å²) in [5.74, 6) is -4.51. The van der Waals surface area contributed by atoms with E-state index in [-0.39, 0.29) is 32.7 Å². The predicted octanol–water partition coefficient (Wildman–Crippen LogP) is 9.56. The molecule has 1 amide bonds. The molecule has 3 atom stereocenters. The third-order valence-corrected chi connectivity index (χ3v) is 15.2. The molecule has 5 rings (SSSR count). The molecule has 5 aromatic carbocycles. The molecule has 0 aliphatic heterocycles. The highest BCUT2D eigenvalue weighted by Gasteiger charge is 2.31. The summed E-state index contributed by atoms with van der Waals surface area (Å²) in [6.07, 6.45) is 8.21. The van der Waals surface area contributed by atoms with Crippen molar-refractivity contribution >= 4 is 110 Å². The number of methoxy groups -OCH3 is 2. The van der Waals surface area contributed by atoms with Crippen LogP contribution < -0.4 is 31.0 Å². The van der Waals surface area contributed by atoms with Gasteiger partial charge in [-0.15, -0.1) is 0 Å². The number of ether oxygens (including phenoxy) is 4. The summed E-state index contributed by atoms with van der Waals surface area (Å²) in [6, 6.07) is 21.0. The summed E-state index contributed by atoms with van der Waals surface area (Å²) < 4.78 is 95.7. The molecule has 0 heterocycles. The Bertz CT molecular complexity index is 3150. The van der Waals surface area contributed by atoms with Gasteiger partial charge in [0.05, 0.1) is 29.5 Å². The molecule has 0 fully saturated rings. The van der Waals surface area contributed by atoms with Crippen molar-refractivity contribution in [1.82, 2.24) is 0 Å². The van der Waals surface area contributed by atoms with E-state index >= 15 is 0 Å². The van der Waals surface area contributed by atoms with E-state index in [0.29, 0.717) is 47.4 Å². The number of aromatic carboxylic acids is 1. The van der Waals surface area contributed by atoms with Crippen LogP contribution in [0.25, 0.3) is 10.8 Å². The first-order chi connectivity index (χ1) is 38.2. The van der Waals surface area contributed by atoms with Gasteiger partial charge in [0.2, 0.25) is 6.41 Å². The second kappa shape index (κ2) is 35.8. The quantitative estimate of drug-likeness (QED) is 0.00528. The van der Waals surface area contributed by atoms with Crippen molar-refractivity contribution in [1.29, 1.82) is 0 Å². The maximum atomic E-state index is 12.6. The van der Waals surface area contributed by atoms with Crippen LogP contribution in [0.4, 0.5) is 15.8 Å². The van der Waals surface area contributed by atoms with Crippen molar-refractivity contribution in [3.05, 3.63) is 114 Å². The van der Waals surface area contributed by atoms with Crippen molar-refractivity contribution in [3.8, 4) is 17.2 Å². The minimum atomic E-state index is -4.66. The summed E-state index contributed by atoms with van der Waals surface area (Å²) in [5, 5.41) is 37.5. The van der Waals surface area contributed by atoms with Crippen LogP contribution in [0.2, 0.25) is 0 Å². The van der Waals surface area contributed by atoms with Crippen molar-refractivity contribution < 1.29 is 98.5 Å². The summed E-state index contributed by atoms with van der Waals surface area (Å²) in [6.45, 7) is 7.21. The van der Waals surface area contributed by atoms with Gasteiger partial charge in [-0.05, 0) is 142 Å². The zero-order valence-electron chi connectivity index (χ0n) is 45.5. The minimum absolute atomic E-state index is 0.0647. The van der Waals surface area contributed by atoms with E-state index in [2.05, 4.69) is 37.2 Å². The number of carbonyl (C=O) groups excluding carboxylic acids is 2. The Labute approximate surface area is 491 Å². The molecule has 0 radical (unpaired) electrons. The molecule has 5 aromatic rings. The molecule has 82 heavy (non-hydrogen) atoms. The fourth-order valence-electron chi connectivity index (χ4n) is 6.78. The number of carboxylic acids is 4. The number of aryl methyl sites for hydroxylation is 1. The highest BCUT2D eigenvalue weighted by Crippen LogP contribution is 2.37. The average molecular weight is 1320 g/mol. The molecule has 28 heteroatoms. The zero-order valence-corrected chi connectivity index (χ0v) is 50.3. The molecule has 452 valence electrons. The number of hydrogen-bond donors (Lipinski definition) is 9. The van der Waals surface area contributed by atoms with Gasteiger partial charge in [-0.2, -0.15) is 16.8 Å². The molecule has 3 unspecified atom stereocenters. The number of unbranched alkanes of at least 4 members (excludes halogenated alkanes) is 6. The smallest absolute Gasteiger partial charge is 0.341 e. The Morgan fingerprint density at radius 3 is 1.77 bits per heavy atom. The van der Waals surface area contributed by atoms with Crippen LogP contribution in [0, 0.1) is 18.7 Å². The van der Waals surface area contributed by atoms with Gasteiger partial charge in [0, 0.05) is 16.8 Å². The fraction of sp³-hybridized carbons (Fsp3) is 0.370. The van der Waals surface area contributed by atoms with E-state index in [1.54, 1.807) is 53.0 Å². The van der Waals surface area contributed by atoms with Crippen molar-refractivity contribution in [2.24, 2.45) is 11.7 Å². The molecule has 0 bridgehead atoms. The number of carboxylic acid groups (broad SMARTS) is 4. The lowest BCUT2D eigenvalue weighted by Crippen LogP contribution is -2.32. The number of esters is 1. The van der Waals surface area contributed by atoms with Crippen LogP contribution in [-0.4, -0.2) is 120 Å². The number of amides is 1. The second-order valence-electron chi connectivity index (χ2n) is 18.3. The summed E-state index contributed by atoms with van der Waals surface area (Å²) >= 11 is 6.45. The number of alkyl halides is 2. The lowest BCUT2D eigenvalue weighted by molar-refractivity contribution is -0.167. The predicted molar refractivity (Wildman–Crippen MR) is 310 cm³/mol. The molecule has 0 aromatic heterocycles. The summed E-state index contributed by atoms with van der Waals surface area (Å²) in [5.41, 5.74) is 12.7. The van der Waals surface area contributed by atoms with Gasteiger partial charge in [0.25, 0.3) is 20.2 Å².